The maximum atomic E-state index is 4.64. The maximum absolute atomic E-state index is 4.64. The van der Waals surface area contributed by atoms with Crippen LogP contribution in [0.2, 0.25) is 0 Å². The second kappa shape index (κ2) is 17.2. The molecule has 2 saturated carbocycles. The molecule has 0 nitrogen and oxygen atoms in total. The van der Waals surface area contributed by atoms with E-state index in [1.54, 1.807) is 0 Å². The zero-order valence-corrected chi connectivity index (χ0v) is 12.4. The summed E-state index contributed by atoms with van der Waals surface area (Å²) < 4.78 is 0. The van der Waals surface area contributed by atoms with Gasteiger partial charge in [0.15, 0.2) is 0 Å². The van der Waals surface area contributed by atoms with Crippen molar-refractivity contribution in [3.63, 3.8) is 0 Å². The summed E-state index contributed by atoms with van der Waals surface area (Å²) in [6, 6.07) is 12.5. The molecule has 0 aromatic heterocycles. The first-order valence-corrected chi connectivity index (χ1v) is 7.58. The van der Waals surface area contributed by atoms with Crippen LogP contribution in [0, 0.1) is 70.3 Å². The minimum absolute atomic E-state index is 1.47. The minimum Gasteiger partial charge on any atom is -0.184 e. The van der Waals surface area contributed by atoms with Crippen molar-refractivity contribution in [1.29, 1.82) is 0 Å². The normalized spacial score (nSPS) is 16.4. The molecule has 0 aliphatic heterocycles. The first kappa shape index (κ1) is 18.2. The molecule has 1 aromatic rings. The van der Waals surface area contributed by atoms with Gasteiger partial charge in [0, 0.05) is 0 Å². The van der Waals surface area contributed by atoms with E-state index in [2.05, 4.69) is 15.4 Å². The predicted molar refractivity (Wildman–Crippen MR) is 74.1 cm³/mol. The summed E-state index contributed by atoms with van der Waals surface area (Å²) in [5.74, 6) is 0. The van der Waals surface area contributed by atoms with Crippen LogP contribution < -0.4 is 0 Å². The first-order valence-electron chi connectivity index (χ1n) is 5.43. The number of hydrogen-bond donors (Lipinski definition) is 0. The average Bonchev–Trinajstić information content (AvgIpc) is 3.21. The molecule has 0 atom stereocenters. The van der Waals surface area contributed by atoms with E-state index in [-0.39, 0.29) is 0 Å². The molecule has 18 heavy (non-hydrogen) atoms. The molecule has 3 rings (SSSR count). The Kier molecular flexibility index (Phi) is 17.4. The smallest absolute Gasteiger partial charge is 0.171 e. The Hall–Kier alpha value is 0.224. The van der Waals surface area contributed by atoms with Gasteiger partial charge in [-0.1, -0.05) is 0 Å². The van der Waals surface area contributed by atoms with E-state index < -0.39 is 0 Å². The van der Waals surface area contributed by atoms with Gasteiger partial charge in [-0.25, -0.2) is 0 Å². The number of rotatable bonds is 0. The number of benzene rings is 1. The fourth-order valence-corrected chi connectivity index (χ4v) is 0.983. The van der Waals surface area contributed by atoms with Gasteiger partial charge in [0.2, 0.25) is 0 Å². The van der Waals surface area contributed by atoms with Gasteiger partial charge in [-0.2, -0.15) is 36.4 Å². The van der Waals surface area contributed by atoms with Crippen LogP contribution in [0.5, 0.6) is 0 Å². The Bertz CT molecular complexity index is 166. The third kappa shape index (κ3) is 14.3. The first-order chi connectivity index (χ1) is 9.00. The molecule has 2 fully saturated rings. The van der Waals surface area contributed by atoms with Crippen molar-refractivity contribution in [2.24, 2.45) is 0 Å². The van der Waals surface area contributed by atoms with Gasteiger partial charge < -0.3 is 0 Å². The van der Waals surface area contributed by atoms with E-state index in [1.165, 1.54) is 19.4 Å². The van der Waals surface area contributed by atoms with Crippen molar-refractivity contribution >= 4 is 9.30 Å². The standard InChI is InChI=1S/C6H5.2C5H5.ClH.Ti/c1-2-4-6-5-3-1;2*1-2-4-5-3-1;;/h1-5H;2*1-5H;1H;/q-1;;;;+4/p-1. The molecule has 88 valence electrons. The van der Waals surface area contributed by atoms with Gasteiger partial charge in [0.05, 0.1) is 0 Å². The molecule has 0 spiro atoms. The quantitative estimate of drug-likeness (QED) is 0.496. The van der Waals surface area contributed by atoms with E-state index in [0.29, 0.717) is 0 Å². The van der Waals surface area contributed by atoms with E-state index in [1.807, 2.05) is 94.5 Å². The van der Waals surface area contributed by atoms with Crippen LogP contribution in [0.1, 0.15) is 0 Å². The SMILES string of the molecule is [CH]1[CH][CH][CH][CH]1.[CH]1[CH][CH][CH][CH]1.[Cl][Ti+3].[c-]1ccccc1. The molecular weight excluding hydrogens is 275 g/mol. The van der Waals surface area contributed by atoms with Gasteiger partial charge >= 0.3 is 28.7 Å². The Morgan fingerprint density at radius 1 is 0.500 bits per heavy atom. The summed E-state index contributed by atoms with van der Waals surface area (Å²) in [7, 11) is 4.64. The van der Waals surface area contributed by atoms with Crippen molar-refractivity contribution < 1.29 is 19.4 Å². The molecule has 0 amide bonds. The fourth-order valence-electron chi connectivity index (χ4n) is 0.983. The average molecular weight is 291 g/mol. The second-order valence-electron chi connectivity index (χ2n) is 3.00. The van der Waals surface area contributed by atoms with Gasteiger partial charge in [-0.15, -0.1) is 0 Å². The second-order valence-corrected chi connectivity index (χ2v) is 3.00. The van der Waals surface area contributed by atoms with Crippen molar-refractivity contribution in [1.82, 2.24) is 0 Å². The van der Waals surface area contributed by atoms with Crippen LogP contribution in [-0.4, -0.2) is 0 Å². The predicted octanol–water partition coefficient (Wildman–Crippen LogP) is 4.22. The molecule has 0 unspecified atom stereocenters. The Morgan fingerprint density at radius 2 is 0.778 bits per heavy atom. The van der Waals surface area contributed by atoms with Crippen molar-refractivity contribution in [2.45, 2.75) is 0 Å². The molecule has 0 heterocycles. The maximum Gasteiger partial charge on any atom is -0.171 e. The van der Waals surface area contributed by atoms with E-state index in [4.69, 9.17) is 0 Å². The van der Waals surface area contributed by atoms with Crippen LogP contribution in [-0.2, 0) is 19.4 Å². The summed E-state index contributed by atoms with van der Waals surface area (Å²) in [5.41, 5.74) is 0. The minimum atomic E-state index is 1.47. The fraction of sp³-hybridized carbons (Fsp3) is 0. The van der Waals surface area contributed by atoms with Crippen molar-refractivity contribution in [3.05, 3.63) is 101 Å². The Labute approximate surface area is 129 Å². The topological polar surface area (TPSA) is 0 Å². The van der Waals surface area contributed by atoms with Crippen LogP contribution in [0.15, 0.2) is 30.3 Å². The summed E-state index contributed by atoms with van der Waals surface area (Å²) in [6.45, 7) is 0. The van der Waals surface area contributed by atoms with Gasteiger partial charge in [-0.3, -0.25) is 0 Å². The molecule has 0 N–H and O–H groups in total. The van der Waals surface area contributed by atoms with Crippen LogP contribution in [0.25, 0.3) is 0 Å². The summed E-state index contributed by atoms with van der Waals surface area (Å²) in [5, 5.41) is 0. The molecule has 0 bridgehead atoms. The Balaban J connectivity index is 0.000000226. The molecule has 2 aliphatic rings. The molecule has 1 aromatic carbocycles. The van der Waals surface area contributed by atoms with E-state index >= 15 is 0 Å². The molecular formula is C16H15ClTi+2. The molecule has 2 aliphatic carbocycles. The van der Waals surface area contributed by atoms with Crippen LogP contribution >= 0.6 is 9.30 Å². The van der Waals surface area contributed by atoms with Gasteiger partial charge in [0.25, 0.3) is 0 Å². The van der Waals surface area contributed by atoms with Crippen LogP contribution in [0.3, 0.4) is 0 Å². The molecule has 0 saturated heterocycles. The molecule has 2 heteroatoms. The van der Waals surface area contributed by atoms with E-state index in [9.17, 15) is 0 Å². The Morgan fingerprint density at radius 3 is 0.889 bits per heavy atom. The monoisotopic (exact) mass is 290 g/mol. The zero-order valence-electron chi connectivity index (χ0n) is 10.0. The van der Waals surface area contributed by atoms with Crippen molar-refractivity contribution in [3.8, 4) is 0 Å². The third-order valence-electron chi connectivity index (χ3n) is 1.72. The van der Waals surface area contributed by atoms with Gasteiger partial charge in [-0.05, 0) is 64.2 Å². The summed E-state index contributed by atoms with van der Waals surface area (Å²) >= 11 is 1.47. The largest absolute Gasteiger partial charge is 0.184 e. The van der Waals surface area contributed by atoms with Crippen molar-refractivity contribution in [2.75, 3.05) is 0 Å². The molecule has 10 radical (unpaired) electrons. The summed E-state index contributed by atoms with van der Waals surface area (Å²) in [6.07, 6.45) is 20.0. The zero-order chi connectivity index (χ0) is 13.3. The number of hydrogen-bond acceptors (Lipinski definition) is 0. The third-order valence-corrected chi connectivity index (χ3v) is 1.72. The van der Waals surface area contributed by atoms with Gasteiger partial charge in [0.1, 0.15) is 0 Å². The van der Waals surface area contributed by atoms with Crippen LogP contribution in [0.4, 0.5) is 0 Å². The number of halogens is 1. The summed E-state index contributed by atoms with van der Waals surface area (Å²) in [4.78, 5) is 0. The van der Waals surface area contributed by atoms with E-state index in [0.717, 1.165) is 0 Å².